The first-order valence-electron chi connectivity index (χ1n) is 6.20. The Morgan fingerprint density at radius 1 is 1.26 bits per heavy atom. The lowest BCUT2D eigenvalue weighted by Gasteiger charge is -2.20. The summed E-state index contributed by atoms with van der Waals surface area (Å²) in [5.41, 5.74) is 0.902. The van der Waals surface area contributed by atoms with Crippen LogP contribution in [0.5, 0.6) is 0 Å². The van der Waals surface area contributed by atoms with Gasteiger partial charge >= 0.3 is 5.97 Å². The summed E-state index contributed by atoms with van der Waals surface area (Å²) >= 11 is 0. The lowest BCUT2D eigenvalue weighted by Crippen LogP contribution is -2.36. The monoisotopic (exact) mass is 267 g/mol. The second kappa shape index (κ2) is 6.87. The molecule has 0 aliphatic heterocycles. The number of rotatable bonds is 5. The van der Waals surface area contributed by atoms with Gasteiger partial charge in [-0.1, -0.05) is 0 Å². The molecule has 1 amide bonds. The molecule has 1 aromatic carbocycles. The summed E-state index contributed by atoms with van der Waals surface area (Å²) in [7, 11) is 0. The van der Waals surface area contributed by atoms with Gasteiger partial charge in [0.1, 0.15) is 12.4 Å². The summed E-state index contributed by atoms with van der Waals surface area (Å²) in [5, 5.41) is 0. The number of ether oxygens (including phenoxy) is 1. The van der Waals surface area contributed by atoms with Crippen LogP contribution >= 0.6 is 0 Å². The molecule has 0 heterocycles. The van der Waals surface area contributed by atoms with E-state index in [1.165, 1.54) is 17.0 Å². The minimum absolute atomic E-state index is 0.126. The van der Waals surface area contributed by atoms with Gasteiger partial charge in [-0.15, -0.1) is 0 Å². The lowest BCUT2D eigenvalue weighted by molar-refractivity contribution is -0.143. The predicted octanol–water partition coefficient (Wildman–Crippen LogP) is 2.16. The summed E-state index contributed by atoms with van der Waals surface area (Å²) in [6, 6.07) is 4.11. The Labute approximate surface area is 112 Å². The van der Waals surface area contributed by atoms with Gasteiger partial charge in [-0.05, 0) is 44.5 Å². The Bertz CT molecular complexity index is 454. The average molecular weight is 267 g/mol. The number of likely N-dealkylation sites (N-methyl/N-ethyl adjacent to an activating group) is 1. The molecule has 0 spiro atoms. The number of hydrogen-bond donors (Lipinski definition) is 0. The SMILES string of the molecule is CCOC(=O)CN(CC)C(=O)c1cc(C)cc(F)c1. The van der Waals surface area contributed by atoms with Gasteiger partial charge in [0.05, 0.1) is 6.61 Å². The predicted molar refractivity (Wildman–Crippen MR) is 69.3 cm³/mol. The largest absolute Gasteiger partial charge is 0.465 e. The number of benzene rings is 1. The molecule has 0 radical (unpaired) electrons. The van der Waals surface area contributed by atoms with Crippen LogP contribution in [0.15, 0.2) is 18.2 Å². The molecule has 0 atom stereocenters. The zero-order valence-corrected chi connectivity index (χ0v) is 11.4. The van der Waals surface area contributed by atoms with E-state index in [0.717, 1.165) is 0 Å². The van der Waals surface area contributed by atoms with Crippen LogP contribution < -0.4 is 0 Å². The summed E-state index contributed by atoms with van der Waals surface area (Å²) in [6.45, 7) is 5.66. The normalized spacial score (nSPS) is 10.1. The first-order chi connectivity index (χ1) is 8.97. The standard InChI is InChI=1S/C14H18FNO3/c1-4-16(9-13(17)19-5-2)14(18)11-6-10(3)7-12(15)8-11/h6-8H,4-5,9H2,1-3H3. The highest BCUT2D eigenvalue weighted by Crippen LogP contribution is 2.11. The number of amides is 1. The molecule has 104 valence electrons. The maximum Gasteiger partial charge on any atom is 0.325 e. The smallest absolute Gasteiger partial charge is 0.325 e. The van der Waals surface area contributed by atoms with Gasteiger partial charge in [-0.2, -0.15) is 0 Å². The van der Waals surface area contributed by atoms with Crippen LogP contribution in [0.4, 0.5) is 4.39 Å². The molecule has 0 aliphatic rings. The molecule has 5 heteroatoms. The highest BCUT2D eigenvalue weighted by atomic mass is 19.1. The van der Waals surface area contributed by atoms with Crippen molar-refractivity contribution in [2.75, 3.05) is 19.7 Å². The molecule has 0 aromatic heterocycles. The van der Waals surface area contributed by atoms with Gasteiger partial charge in [0, 0.05) is 12.1 Å². The van der Waals surface area contributed by atoms with Crippen LogP contribution in [0, 0.1) is 12.7 Å². The van der Waals surface area contributed by atoms with Crippen molar-refractivity contribution in [2.45, 2.75) is 20.8 Å². The van der Waals surface area contributed by atoms with E-state index in [4.69, 9.17) is 4.74 Å². The molecule has 1 aromatic rings. The number of nitrogens with zero attached hydrogens (tertiary/aromatic N) is 1. The molecule has 0 aliphatic carbocycles. The summed E-state index contributed by atoms with van der Waals surface area (Å²) in [4.78, 5) is 24.9. The molecule has 0 N–H and O–H groups in total. The van der Waals surface area contributed by atoms with Crippen LogP contribution in [-0.4, -0.2) is 36.5 Å². The van der Waals surface area contributed by atoms with Crippen molar-refractivity contribution in [1.82, 2.24) is 4.90 Å². The highest BCUT2D eigenvalue weighted by Gasteiger charge is 2.18. The second-order valence-electron chi connectivity index (χ2n) is 4.14. The summed E-state index contributed by atoms with van der Waals surface area (Å²) in [5.74, 6) is -1.31. The number of carbonyl (C=O) groups excluding carboxylic acids is 2. The van der Waals surface area contributed by atoms with E-state index in [1.807, 2.05) is 0 Å². The Morgan fingerprint density at radius 3 is 2.47 bits per heavy atom. The van der Waals surface area contributed by atoms with E-state index in [9.17, 15) is 14.0 Å². The van der Waals surface area contributed by atoms with Crippen LogP contribution in [-0.2, 0) is 9.53 Å². The number of carbonyl (C=O) groups is 2. The van der Waals surface area contributed by atoms with Crippen molar-refractivity contribution in [2.24, 2.45) is 0 Å². The van der Waals surface area contributed by atoms with Gasteiger partial charge < -0.3 is 9.64 Å². The van der Waals surface area contributed by atoms with Crippen molar-refractivity contribution >= 4 is 11.9 Å². The van der Waals surface area contributed by atoms with E-state index < -0.39 is 11.8 Å². The third kappa shape index (κ3) is 4.35. The minimum Gasteiger partial charge on any atom is -0.465 e. The topological polar surface area (TPSA) is 46.6 Å². The number of aryl methyl sites for hydroxylation is 1. The van der Waals surface area contributed by atoms with E-state index in [0.29, 0.717) is 12.1 Å². The number of halogens is 1. The highest BCUT2D eigenvalue weighted by molar-refractivity contribution is 5.96. The van der Waals surface area contributed by atoms with Crippen molar-refractivity contribution in [3.05, 3.63) is 35.1 Å². The molecule has 0 bridgehead atoms. The quantitative estimate of drug-likeness (QED) is 0.768. The number of esters is 1. The molecule has 0 saturated carbocycles. The first kappa shape index (κ1) is 15.1. The fourth-order valence-electron chi connectivity index (χ4n) is 1.73. The van der Waals surface area contributed by atoms with Crippen LogP contribution in [0.3, 0.4) is 0 Å². The van der Waals surface area contributed by atoms with Crippen molar-refractivity contribution < 1.29 is 18.7 Å². The zero-order chi connectivity index (χ0) is 14.4. The lowest BCUT2D eigenvalue weighted by atomic mass is 10.1. The zero-order valence-electron chi connectivity index (χ0n) is 11.4. The van der Waals surface area contributed by atoms with Crippen LogP contribution in [0.25, 0.3) is 0 Å². The molecule has 0 fully saturated rings. The summed E-state index contributed by atoms with van der Waals surface area (Å²) < 4.78 is 18.1. The Kier molecular flexibility index (Phi) is 5.48. The van der Waals surface area contributed by atoms with E-state index in [2.05, 4.69) is 0 Å². The summed E-state index contributed by atoms with van der Waals surface area (Å²) in [6.07, 6.45) is 0. The number of hydrogen-bond acceptors (Lipinski definition) is 3. The minimum atomic E-state index is -0.467. The third-order valence-corrected chi connectivity index (χ3v) is 2.58. The van der Waals surface area contributed by atoms with Gasteiger partial charge in [0.25, 0.3) is 5.91 Å². The van der Waals surface area contributed by atoms with Crippen molar-refractivity contribution in [1.29, 1.82) is 0 Å². The molecule has 0 unspecified atom stereocenters. The second-order valence-corrected chi connectivity index (χ2v) is 4.14. The maximum atomic E-state index is 13.3. The maximum absolute atomic E-state index is 13.3. The van der Waals surface area contributed by atoms with E-state index >= 15 is 0 Å². The van der Waals surface area contributed by atoms with Crippen molar-refractivity contribution in [3.8, 4) is 0 Å². The first-order valence-corrected chi connectivity index (χ1v) is 6.20. The van der Waals surface area contributed by atoms with Gasteiger partial charge in [0.15, 0.2) is 0 Å². The fourth-order valence-corrected chi connectivity index (χ4v) is 1.73. The van der Waals surface area contributed by atoms with Gasteiger partial charge in [-0.25, -0.2) is 4.39 Å². The Hall–Kier alpha value is -1.91. The van der Waals surface area contributed by atoms with Gasteiger partial charge in [-0.3, -0.25) is 9.59 Å². The molecule has 1 rings (SSSR count). The third-order valence-electron chi connectivity index (χ3n) is 2.58. The Morgan fingerprint density at radius 2 is 1.95 bits per heavy atom. The van der Waals surface area contributed by atoms with E-state index in [-0.39, 0.29) is 24.6 Å². The molecular formula is C14H18FNO3. The van der Waals surface area contributed by atoms with Gasteiger partial charge in [0.2, 0.25) is 0 Å². The molecule has 4 nitrogen and oxygen atoms in total. The Balaban J connectivity index is 2.86. The molecular weight excluding hydrogens is 249 g/mol. The molecule has 19 heavy (non-hydrogen) atoms. The van der Waals surface area contributed by atoms with Crippen LogP contribution in [0.1, 0.15) is 29.8 Å². The van der Waals surface area contributed by atoms with Crippen molar-refractivity contribution in [3.63, 3.8) is 0 Å². The average Bonchev–Trinajstić information content (AvgIpc) is 2.34. The van der Waals surface area contributed by atoms with Crippen LogP contribution in [0.2, 0.25) is 0 Å². The van der Waals surface area contributed by atoms with E-state index in [1.54, 1.807) is 26.8 Å². The molecule has 0 saturated heterocycles. The fraction of sp³-hybridized carbons (Fsp3) is 0.429.